The summed E-state index contributed by atoms with van der Waals surface area (Å²) in [6, 6.07) is 7.55. The summed E-state index contributed by atoms with van der Waals surface area (Å²) in [6.07, 6.45) is 1.81. The Labute approximate surface area is 130 Å². The lowest BCUT2D eigenvalue weighted by atomic mass is 9.91. The van der Waals surface area contributed by atoms with Gasteiger partial charge in [-0.05, 0) is 42.9 Å². The average Bonchev–Trinajstić information content (AvgIpc) is 3.25. The first-order valence-electron chi connectivity index (χ1n) is 7.31. The Balaban J connectivity index is 2.03. The standard InChI is InChI=1S/C16H21ClN2O2/c1-3-16(4-2,15(18)21)19-14(20)13-9-12(13)10-5-7-11(17)8-6-10/h5-8,12-13H,3-4,9H2,1-2H3,(H2,18,21)(H,19,20)/t12-,13+/m1/s1. The first-order valence-corrected chi connectivity index (χ1v) is 7.68. The smallest absolute Gasteiger partial charge is 0.243 e. The lowest BCUT2D eigenvalue weighted by Gasteiger charge is -2.29. The van der Waals surface area contributed by atoms with E-state index in [0.29, 0.717) is 17.9 Å². The molecule has 0 aliphatic heterocycles. The molecule has 5 heteroatoms. The van der Waals surface area contributed by atoms with Gasteiger partial charge in [0.15, 0.2) is 0 Å². The molecule has 2 atom stereocenters. The Bertz CT molecular complexity index is 538. The van der Waals surface area contributed by atoms with E-state index in [1.165, 1.54) is 0 Å². The second-order valence-corrected chi connectivity index (χ2v) is 6.08. The van der Waals surface area contributed by atoms with Crippen LogP contribution in [-0.2, 0) is 9.59 Å². The summed E-state index contributed by atoms with van der Waals surface area (Å²) < 4.78 is 0. The Kier molecular flexibility index (Phi) is 4.57. The number of rotatable bonds is 6. The van der Waals surface area contributed by atoms with Crippen molar-refractivity contribution in [2.45, 2.75) is 44.6 Å². The fourth-order valence-corrected chi connectivity index (χ4v) is 2.85. The number of primary amides is 1. The lowest BCUT2D eigenvalue weighted by molar-refractivity contribution is -0.132. The zero-order chi connectivity index (χ0) is 15.6. The lowest BCUT2D eigenvalue weighted by Crippen LogP contribution is -2.57. The molecule has 0 aromatic heterocycles. The van der Waals surface area contributed by atoms with Crippen molar-refractivity contribution in [3.63, 3.8) is 0 Å². The van der Waals surface area contributed by atoms with Crippen LogP contribution in [0.5, 0.6) is 0 Å². The SMILES string of the molecule is CCC(CC)(NC(=O)[C@H]1C[C@@H]1c1ccc(Cl)cc1)C(N)=O. The molecule has 0 radical (unpaired) electrons. The number of hydrogen-bond donors (Lipinski definition) is 2. The van der Waals surface area contributed by atoms with E-state index in [9.17, 15) is 9.59 Å². The van der Waals surface area contributed by atoms with Crippen molar-refractivity contribution in [1.29, 1.82) is 0 Å². The third kappa shape index (κ3) is 3.21. The van der Waals surface area contributed by atoms with Crippen molar-refractivity contribution in [2.75, 3.05) is 0 Å². The van der Waals surface area contributed by atoms with E-state index in [2.05, 4.69) is 5.32 Å². The van der Waals surface area contributed by atoms with E-state index in [1.807, 2.05) is 38.1 Å². The highest BCUT2D eigenvalue weighted by atomic mass is 35.5. The molecular formula is C16H21ClN2O2. The molecule has 2 amide bonds. The van der Waals surface area contributed by atoms with Crippen molar-refractivity contribution >= 4 is 23.4 Å². The van der Waals surface area contributed by atoms with Gasteiger partial charge in [0.25, 0.3) is 0 Å². The number of nitrogens with two attached hydrogens (primary N) is 1. The predicted molar refractivity (Wildman–Crippen MR) is 83.0 cm³/mol. The van der Waals surface area contributed by atoms with Crippen molar-refractivity contribution in [3.05, 3.63) is 34.9 Å². The molecule has 1 aliphatic rings. The molecule has 0 saturated heterocycles. The second-order valence-electron chi connectivity index (χ2n) is 5.64. The largest absolute Gasteiger partial charge is 0.368 e. The fourth-order valence-electron chi connectivity index (χ4n) is 2.73. The van der Waals surface area contributed by atoms with E-state index < -0.39 is 11.4 Å². The minimum absolute atomic E-state index is 0.0806. The molecule has 3 N–H and O–H groups in total. The molecule has 114 valence electrons. The summed E-state index contributed by atoms with van der Waals surface area (Å²) in [6.45, 7) is 3.72. The molecule has 1 aromatic rings. The van der Waals surface area contributed by atoms with Crippen molar-refractivity contribution in [3.8, 4) is 0 Å². The van der Waals surface area contributed by atoms with Crippen LogP contribution in [-0.4, -0.2) is 17.4 Å². The van der Waals surface area contributed by atoms with Crippen molar-refractivity contribution in [2.24, 2.45) is 11.7 Å². The Morgan fingerprint density at radius 2 is 1.86 bits per heavy atom. The summed E-state index contributed by atoms with van der Waals surface area (Å²) in [4.78, 5) is 24.0. The number of nitrogens with one attached hydrogen (secondary N) is 1. The van der Waals surface area contributed by atoms with Gasteiger partial charge < -0.3 is 11.1 Å². The van der Waals surface area contributed by atoms with Gasteiger partial charge in [-0.25, -0.2) is 0 Å². The van der Waals surface area contributed by atoms with E-state index in [4.69, 9.17) is 17.3 Å². The molecule has 0 bridgehead atoms. The van der Waals surface area contributed by atoms with Crippen LogP contribution in [0.3, 0.4) is 0 Å². The van der Waals surface area contributed by atoms with Crippen molar-refractivity contribution < 1.29 is 9.59 Å². The third-order valence-corrected chi connectivity index (χ3v) is 4.72. The molecule has 21 heavy (non-hydrogen) atoms. The van der Waals surface area contributed by atoms with Crippen LogP contribution in [0.1, 0.15) is 44.6 Å². The molecule has 1 aliphatic carbocycles. The van der Waals surface area contributed by atoms with Crippen LogP contribution >= 0.6 is 11.6 Å². The fraction of sp³-hybridized carbons (Fsp3) is 0.500. The summed E-state index contributed by atoms with van der Waals surface area (Å²) in [5.41, 5.74) is 5.64. The highest BCUT2D eigenvalue weighted by Gasteiger charge is 2.46. The monoisotopic (exact) mass is 308 g/mol. The maximum Gasteiger partial charge on any atom is 0.243 e. The number of carbonyl (C=O) groups excluding carboxylic acids is 2. The van der Waals surface area contributed by atoms with Crippen LogP contribution in [0.15, 0.2) is 24.3 Å². The van der Waals surface area contributed by atoms with Gasteiger partial charge in [0.05, 0.1) is 0 Å². The topological polar surface area (TPSA) is 72.2 Å². The predicted octanol–water partition coefficient (Wildman–Crippen LogP) is 2.60. The van der Waals surface area contributed by atoms with Crippen LogP contribution in [0.2, 0.25) is 5.02 Å². The van der Waals surface area contributed by atoms with E-state index >= 15 is 0 Å². The first kappa shape index (κ1) is 15.8. The Morgan fingerprint density at radius 1 is 1.29 bits per heavy atom. The Hall–Kier alpha value is -1.55. The number of amides is 2. The van der Waals surface area contributed by atoms with Crippen molar-refractivity contribution in [1.82, 2.24) is 5.32 Å². The average molecular weight is 309 g/mol. The zero-order valence-corrected chi connectivity index (χ0v) is 13.1. The van der Waals surface area contributed by atoms with E-state index in [0.717, 1.165) is 12.0 Å². The summed E-state index contributed by atoms with van der Waals surface area (Å²) in [7, 11) is 0. The third-order valence-electron chi connectivity index (χ3n) is 4.47. The van der Waals surface area contributed by atoms with Gasteiger partial charge in [-0.2, -0.15) is 0 Å². The maximum absolute atomic E-state index is 12.3. The van der Waals surface area contributed by atoms with Gasteiger partial charge in [-0.1, -0.05) is 37.6 Å². The summed E-state index contributed by atoms with van der Waals surface area (Å²) in [5, 5.41) is 3.55. The highest BCUT2D eigenvalue weighted by Crippen LogP contribution is 2.48. The molecule has 1 fully saturated rings. The molecule has 1 aromatic carbocycles. The van der Waals surface area contributed by atoms with Gasteiger partial charge in [0.1, 0.15) is 5.54 Å². The minimum atomic E-state index is -0.926. The molecule has 2 rings (SSSR count). The van der Waals surface area contributed by atoms with E-state index in [1.54, 1.807) is 0 Å². The van der Waals surface area contributed by atoms with Crippen LogP contribution < -0.4 is 11.1 Å². The number of carbonyl (C=O) groups is 2. The maximum atomic E-state index is 12.3. The molecule has 1 saturated carbocycles. The van der Waals surface area contributed by atoms with E-state index in [-0.39, 0.29) is 17.7 Å². The first-order chi connectivity index (χ1) is 9.93. The normalized spacial score (nSPS) is 20.9. The second kappa shape index (κ2) is 6.06. The molecule has 4 nitrogen and oxygen atoms in total. The molecule has 0 spiro atoms. The summed E-state index contributed by atoms with van der Waals surface area (Å²) in [5.74, 6) is -0.424. The zero-order valence-electron chi connectivity index (χ0n) is 12.4. The highest BCUT2D eigenvalue weighted by molar-refractivity contribution is 6.30. The minimum Gasteiger partial charge on any atom is -0.368 e. The molecular weight excluding hydrogens is 288 g/mol. The van der Waals surface area contributed by atoms with Crippen LogP contribution in [0.25, 0.3) is 0 Å². The van der Waals surface area contributed by atoms with Crippen LogP contribution in [0.4, 0.5) is 0 Å². The number of hydrogen-bond acceptors (Lipinski definition) is 2. The van der Waals surface area contributed by atoms with Gasteiger partial charge in [-0.3, -0.25) is 9.59 Å². The quantitative estimate of drug-likeness (QED) is 0.848. The number of benzene rings is 1. The van der Waals surface area contributed by atoms with Gasteiger partial charge in [0, 0.05) is 10.9 Å². The van der Waals surface area contributed by atoms with Gasteiger partial charge >= 0.3 is 0 Å². The molecule has 0 unspecified atom stereocenters. The summed E-state index contributed by atoms with van der Waals surface area (Å²) >= 11 is 5.86. The molecule has 0 heterocycles. The van der Waals surface area contributed by atoms with Crippen LogP contribution in [0, 0.1) is 5.92 Å². The van der Waals surface area contributed by atoms with Gasteiger partial charge in [0.2, 0.25) is 11.8 Å². The Morgan fingerprint density at radius 3 is 2.33 bits per heavy atom. The van der Waals surface area contributed by atoms with Gasteiger partial charge in [-0.15, -0.1) is 0 Å². The number of halogens is 1.